The molecule has 0 atom stereocenters. The van der Waals surface area contributed by atoms with Gasteiger partial charge in [-0.15, -0.1) is 0 Å². The zero-order valence-electron chi connectivity index (χ0n) is 15.2. The summed E-state index contributed by atoms with van der Waals surface area (Å²) in [6, 6.07) is 12.0. The molecule has 0 saturated carbocycles. The summed E-state index contributed by atoms with van der Waals surface area (Å²) in [7, 11) is 0. The number of nitrogens with zero attached hydrogens (tertiary/aromatic N) is 1. The summed E-state index contributed by atoms with van der Waals surface area (Å²) in [6.45, 7) is 4.29. The summed E-state index contributed by atoms with van der Waals surface area (Å²) in [6.07, 6.45) is 4.25. The van der Waals surface area contributed by atoms with Crippen LogP contribution in [0.3, 0.4) is 0 Å². The van der Waals surface area contributed by atoms with Crippen LogP contribution in [0, 0.1) is 0 Å². The normalized spacial score (nSPS) is 12.5. The average Bonchev–Trinajstić information content (AvgIpc) is 2.65. The summed E-state index contributed by atoms with van der Waals surface area (Å²) < 4.78 is 0. The Morgan fingerprint density at radius 2 is 1.46 bits per heavy atom. The molecule has 2 aromatic carbocycles. The SMILES string of the molecule is CCCCCCN(C(C)=O)c1ccc2c(c1)C(=O)c1ccccc1C2=O. The molecule has 0 unspecified atom stereocenters. The van der Waals surface area contributed by atoms with E-state index in [0.29, 0.717) is 34.5 Å². The number of fused-ring (bicyclic) bond motifs is 2. The van der Waals surface area contributed by atoms with Crippen LogP contribution in [0.15, 0.2) is 42.5 Å². The largest absolute Gasteiger partial charge is 0.313 e. The lowest BCUT2D eigenvalue weighted by Crippen LogP contribution is -2.30. The van der Waals surface area contributed by atoms with E-state index in [1.165, 1.54) is 6.92 Å². The van der Waals surface area contributed by atoms with Crippen molar-refractivity contribution in [2.45, 2.75) is 39.5 Å². The van der Waals surface area contributed by atoms with E-state index in [4.69, 9.17) is 0 Å². The molecule has 1 aliphatic carbocycles. The van der Waals surface area contributed by atoms with Crippen LogP contribution in [0.5, 0.6) is 0 Å². The van der Waals surface area contributed by atoms with Gasteiger partial charge in [-0.2, -0.15) is 0 Å². The highest BCUT2D eigenvalue weighted by atomic mass is 16.2. The highest BCUT2D eigenvalue weighted by molar-refractivity contribution is 6.28. The lowest BCUT2D eigenvalue weighted by atomic mass is 9.84. The van der Waals surface area contributed by atoms with Crippen molar-refractivity contribution in [2.75, 3.05) is 11.4 Å². The van der Waals surface area contributed by atoms with Crippen molar-refractivity contribution in [1.82, 2.24) is 0 Å². The summed E-state index contributed by atoms with van der Waals surface area (Å²) in [5.41, 5.74) is 2.34. The molecule has 0 fully saturated rings. The highest BCUT2D eigenvalue weighted by Gasteiger charge is 2.30. The van der Waals surface area contributed by atoms with Gasteiger partial charge < -0.3 is 4.90 Å². The number of carbonyl (C=O) groups excluding carboxylic acids is 3. The first-order valence-electron chi connectivity index (χ1n) is 9.15. The molecule has 0 heterocycles. The van der Waals surface area contributed by atoms with Crippen molar-refractivity contribution < 1.29 is 14.4 Å². The smallest absolute Gasteiger partial charge is 0.223 e. The van der Waals surface area contributed by atoms with E-state index in [9.17, 15) is 14.4 Å². The second-order valence-electron chi connectivity index (χ2n) is 6.67. The first kappa shape index (κ1) is 18.1. The third-order valence-corrected chi connectivity index (χ3v) is 4.84. The Labute approximate surface area is 153 Å². The maximum atomic E-state index is 12.8. The number of benzene rings is 2. The fourth-order valence-electron chi connectivity index (χ4n) is 3.42. The average molecular weight is 349 g/mol. The second-order valence-corrected chi connectivity index (χ2v) is 6.67. The van der Waals surface area contributed by atoms with E-state index in [2.05, 4.69) is 6.92 Å². The molecular formula is C22H23NO3. The van der Waals surface area contributed by atoms with Gasteiger partial charge in [0, 0.05) is 41.4 Å². The lowest BCUT2D eigenvalue weighted by molar-refractivity contribution is -0.116. The number of unbranched alkanes of at least 4 members (excludes halogenated alkanes) is 3. The monoisotopic (exact) mass is 349 g/mol. The summed E-state index contributed by atoms with van der Waals surface area (Å²) in [5.74, 6) is -0.359. The highest BCUT2D eigenvalue weighted by Crippen LogP contribution is 2.30. The van der Waals surface area contributed by atoms with Crippen molar-refractivity contribution in [3.63, 3.8) is 0 Å². The number of hydrogen-bond acceptors (Lipinski definition) is 3. The molecular weight excluding hydrogens is 326 g/mol. The van der Waals surface area contributed by atoms with Crippen LogP contribution >= 0.6 is 0 Å². The molecule has 0 saturated heterocycles. The predicted molar refractivity (Wildman–Crippen MR) is 102 cm³/mol. The molecule has 26 heavy (non-hydrogen) atoms. The molecule has 1 amide bonds. The Kier molecular flexibility index (Phi) is 5.31. The van der Waals surface area contributed by atoms with Crippen LogP contribution in [0.25, 0.3) is 0 Å². The van der Waals surface area contributed by atoms with Crippen molar-refractivity contribution in [3.05, 3.63) is 64.7 Å². The number of carbonyl (C=O) groups is 3. The molecule has 0 radical (unpaired) electrons. The fraction of sp³-hybridized carbons (Fsp3) is 0.318. The van der Waals surface area contributed by atoms with Gasteiger partial charge in [-0.05, 0) is 24.6 Å². The Morgan fingerprint density at radius 1 is 0.846 bits per heavy atom. The molecule has 134 valence electrons. The van der Waals surface area contributed by atoms with Crippen LogP contribution in [0.1, 0.15) is 71.4 Å². The first-order chi connectivity index (χ1) is 12.5. The quantitative estimate of drug-likeness (QED) is 0.620. The summed E-state index contributed by atoms with van der Waals surface area (Å²) >= 11 is 0. The molecule has 1 aliphatic rings. The van der Waals surface area contributed by atoms with Crippen molar-refractivity contribution >= 4 is 23.2 Å². The van der Waals surface area contributed by atoms with Crippen molar-refractivity contribution in [3.8, 4) is 0 Å². The van der Waals surface area contributed by atoms with Gasteiger partial charge in [-0.25, -0.2) is 0 Å². The van der Waals surface area contributed by atoms with Gasteiger partial charge in [0.25, 0.3) is 0 Å². The number of amides is 1. The molecule has 4 heteroatoms. The van der Waals surface area contributed by atoms with Crippen LogP contribution in [-0.4, -0.2) is 24.0 Å². The van der Waals surface area contributed by atoms with Crippen LogP contribution in [-0.2, 0) is 4.79 Å². The minimum Gasteiger partial charge on any atom is -0.313 e. The van der Waals surface area contributed by atoms with E-state index in [1.807, 2.05) is 0 Å². The minimum absolute atomic E-state index is 0.0589. The van der Waals surface area contributed by atoms with Gasteiger partial charge in [0.1, 0.15) is 0 Å². The Hall–Kier alpha value is -2.75. The molecule has 3 rings (SSSR count). The zero-order chi connectivity index (χ0) is 18.7. The lowest BCUT2D eigenvalue weighted by Gasteiger charge is -2.24. The number of rotatable bonds is 6. The van der Waals surface area contributed by atoms with Gasteiger partial charge in [-0.1, -0.05) is 50.5 Å². The third kappa shape index (κ3) is 3.32. The van der Waals surface area contributed by atoms with Crippen LogP contribution < -0.4 is 4.90 Å². The van der Waals surface area contributed by atoms with Crippen molar-refractivity contribution in [1.29, 1.82) is 0 Å². The Morgan fingerprint density at radius 3 is 2.08 bits per heavy atom. The first-order valence-corrected chi connectivity index (χ1v) is 9.15. The number of hydrogen-bond donors (Lipinski definition) is 0. The van der Waals surface area contributed by atoms with E-state index >= 15 is 0 Å². The maximum Gasteiger partial charge on any atom is 0.223 e. The van der Waals surface area contributed by atoms with Crippen molar-refractivity contribution in [2.24, 2.45) is 0 Å². The van der Waals surface area contributed by atoms with E-state index < -0.39 is 0 Å². The maximum absolute atomic E-state index is 12.8. The minimum atomic E-state index is -0.161. The number of anilines is 1. The van der Waals surface area contributed by atoms with E-state index in [0.717, 1.165) is 25.7 Å². The van der Waals surface area contributed by atoms with Gasteiger partial charge in [0.15, 0.2) is 11.6 Å². The molecule has 0 N–H and O–H groups in total. The molecule has 0 aliphatic heterocycles. The summed E-state index contributed by atoms with van der Waals surface area (Å²) in [4.78, 5) is 39.3. The fourth-order valence-corrected chi connectivity index (χ4v) is 3.42. The van der Waals surface area contributed by atoms with Gasteiger partial charge in [0.2, 0.25) is 5.91 Å². The van der Waals surface area contributed by atoms with Gasteiger partial charge >= 0.3 is 0 Å². The molecule has 2 aromatic rings. The summed E-state index contributed by atoms with van der Waals surface area (Å²) in [5, 5.41) is 0. The van der Waals surface area contributed by atoms with Gasteiger partial charge in [-0.3, -0.25) is 14.4 Å². The third-order valence-electron chi connectivity index (χ3n) is 4.84. The Bertz CT molecular complexity index is 869. The zero-order valence-corrected chi connectivity index (χ0v) is 15.2. The molecule has 4 nitrogen and oxygen atoms in total. The Balaban J connectivity index is 1.93. The molecule has 0 bridgehead atoms. The second kappa shape index (κ2) is 7.65. The van der Waals surface area contributed by atoms with E-state index in [1.54, 1.807) is 47.4 Å². The molecule has 0 spiro atoms. The van der Waals surface area contributed by atoms with E-state index in [-0.39, 0.29) is 17.5 Å². The van der Waals surface area contributed by atoms with Gasteiger partial charge in [0.05, 0.1) is 0 Å². The molecule has 0 aromatic heterocycles. The van der Waals surface area contributed by atoms with Crippen LogP contribution in [0.4, 0.5) is 5.69 Å². The topological polar surface area (TPSA) is 54.5 Å². The predicted octanol–water partition coefficient (Wildman–Crippen LogP) is 4.40. The standard InChI is InChI=1S/C22H23NO3/c1-3-4-5-8-13-23(15(2)24)16-11-12-19-20(14-16)22(26)18-10-7-6-9-17(18)21(19)25/h6-7,9-12,14H,3-5,8,13H2,1-2H3. The van der Waals surface area contributed by atoms with Crippen LogP contribution in [0.2, 0.25) is 0 Å². The number of ketones is 2.